The molecule has 0 saturated carbocycles. The molecule has 0 aliphatic carbocycles. The number of rotatable bonds is 8. The number of aromatic nitrogens is 1. The van der Waals surface area contributed by atoms with E-state index in [-0.39, 0.29) is 5.91 Å². The van der Waals surface area contributed by atoms with Crippen LogP contribution < -0.4 is 10.2 Å². The summed E-state index contributed by atoms with van der Waals surface area (Å²) < 4.78 is 5.79. The van der Waals surface area contributed by atoms with Crippen molar-refractivity contribution < 1.29 is 9.21 Å². The fourth-order valence-electron chi connectivity index (χ4n) is 3.57. The Labute approximate surface area is 188 Å². The summed E-state index contributed by atoms with van der Waals surface area (Å²) in [7, 11) is 2.06. The molecule has 0 aliphatic rings. The molecule has 0 aliphatic heterocycles. The Bertz CT molecular complexity index is 1150. The first-order chi connectivity index (χ1) is 15.6. The number of hydrogen-bond donors (Lipinski definition) is 1. The second-order valence-corrected chi connectivity index (χ2v) is 7.78. The van der Waals surface area contributed by atoms with Crippen molar-refractivity contribution in [2.75, 3.05) is 18.5 Å². The number of oxazole rings is 1. The molecule has 0 unspecified atom stereocenters. The Balaban J connectivity index is 1.30. The maximum atomic E-state index is 12.5. The van der Waals surface area contributed by atoms with Crippen molar-refractivity contribution >= 4 is 11.6 Å². The van der Waals surface area contributed by atoms with Gasteiger partial charge in [-0.25, -0.2) is 4.98 Å². The van der Waals surface area contributed by atoms with Gasteiger partial charge in [-0.15, -0.1) is 0 Å². The number of hydrogen-bond acceptors (Lipinski definition) is 4. The smallest absolute Gasteiger partial charge is 0.251 e. The Hall–Kier alpha value is -3.86. The van der Waals surface area contributed by atoms with E-state index in [2.05, 4.69) is 34.4 Å². The fraction of sp³-hybridized carbons (Fsp3) is 0.185. The van der Waals surface area contributed by atoms with Crippen molar-refractivity contribution in [3.63, 3.8) is 0 Å². The van der Waals surface area contributed by atoms with Gasteiger partial charge in [-0.3, -0.25) is 4.79 Å². The third-order valence-corrected chi connectivity index (χ3v) is 5.39. The van der Waals surface area contributed by atoms with Crippen LogP contribution in [-0.2, 0) is 13.0 Å². The zero-order chi connectivity index (χ0) is 22.3. The van der Waals surface area contributed by atoms with Gasteiger partial charge in [-0.2, -0.15) is 0 Å². The molecule has 1 N–H and O–H groups in total. The highest BCUT2D eigenvalue weighted by atomic mass is 16.4. The first kappa shape index (κ1) is 21.4. The zero-order valence-electron chi connectivity index (χ0n) is 18.4. The van der Waals surface area contributed by atoms with E-state index in [1.165, 1.54) is 0 Å². The monoisotopic (exact) mass is 425 g/mol. The minimum absolute atomic E-state index is 0.0857. The molecule has 0 fully saturated rings. The highest BCUT2D eigenvalue weighted by molar-refractivity contribution is 5.94. The molecule has 3 aromatic carbocycles. The average molecular weight is 426 g/mol. The van der Waals surface area contributed by atoms with E-state index in [4.69, 9.17) is 4.42 Å². The molecule has 32 heavy (non-hydrogen) atoms. The average Bonchev–Trinajstić information content (AvgIpc) is 3.21. The van der Waals surface area contributed by atoms with E-state index in [9.17, 15) is 4.79 Å². The van der Waals surface area contributed by atoms with Crippen molar-refractivity contribution in [2.24, 2.45) is 0 Å². The van der Waals surface area contributed by atoms with Crippen molar-refractivity contribution in [1.29, 1.82) is 0 Å². The van der Waals surface area contributed by atoms with Crippen molar-refractivity contribution in [2.45, 2.75) is 19.9 Å². The van der Waals surface area contributed by atoms with Crippen molar-refractivity contribution in [1.82, 2.24) is 10.3 Å². The largest absolute Gasteiger partial charge is 0.441 e. The lowest BCUT2D eigenvalue weighted by Crippen LogP contribution is -2.26. The number of nitrogens with one attached hydrogen (secondary N) is 1. The lowest BCUT2D eigenvalue weighted by atomic mass is 10.1. The highest BCUT2D eigenvalue weighted by Crippen LogP contribution is 2.21. The fourth-order valence-corrected chi connectivity index (χ4v) is 3.57. The topological polar surface area (TPSA) is 58.4 Å². The summed E-state index contributed by atoms with van der Waals surface area (Å²) in [6, 6.07) is 27.8. The van der Waals surface area contributed by atoms with Gasteiger partial charge in [0.15, 0.2) is 0 Å². The van der Waals surface area contributed by atoms with Gasteiger partial charge in [0.05, 0.1) is 5.69 Å². The Morgan fingerprint density at radius 1 is 0.938 bits per heavy atom. The van der Waals surface area contributed by atoms with Crippen molar-refractivity contribution in [3.8, 4) is 11.5 Å². The number of anilines is 1. The second-order valence-electron chi connectivity index (χ2n) is 7.78. The minimum Gasteiger partial charge on any atom is -0.441 e. The summed E-state index contributed by atoms with van der Waals surface area (Å²) in [5.74, 6) is 1.31. The molecule has 1 heterocycles. The molecule has 0 saturated heterocycles. The molecule has 0 radical (unpaired) electrons. The molecule has 1 aromatic heterocycles. The third-order valence-electron chi connectivity index (χ3n) is 5.39. The number of nitrogens with zero attached hydrogens (tertiary/aromatic N) is 2. The summed E-state index contributed by atoms with van der Waals surface area (Å²) in [6.45, 7) is 3.18. The number of para-hydroxylation sites is 1. The molecule has 0 atom stereocenters. The van der Waals surface area contributed by atoms with Crippen LogP contribution in [0.25, 0.3) is 11.5 Å². The standard InChI is InChI=1S/C27H27N3O2/c1-20-25(29-27(32-20)23-9-5-3-6-10-23)17-18-28-26(31)22-15-13-21(14-16-22)19-30(2)24-11-7-4-8-12-24/h3-16H,17-19H2,1-2H3,(H,28,31). The maximum Gasteiger partial charge on any atom is 0.251 e. The molecule has 5 heteroatoms. The van der Waals surface area contributed by atoms with Gasteiger partial charge in [0.2, 0.25) is 5.89 Å². The highest BCUT2D eigenvalue weighted by Gasteiger charge is 2.12. The number of carbonyl (C=O) groups is 1. The molecular formula is C27H27N3O2. The van der Waals surface area contributed by atoms with Gasteiger partial charge in [-0.05, 0) is 48.9 Å². The van der Waals surface area contributed by atoms with Gasteiger partial charge < -0.3 is 14.6 Å². The van der Waals surface area contributed by atoms with E-state index in [1.54, 1.807) is 0 Å². The van der Waals surface area contributed by atoms with E-state index in [0.29, 0.717) is 24.4 Å². The van der Waals surface area contributed by atoms with Crippen molar-refractivity contribution in [3.05, 3.63) is 108 Å². The van der Waals surface area contributed by atoms with Crippen LogP contribution in [0.5, 0.6) is 0 Å². The quantitative estimate of drug-likeness (QED) is 0.418. The third kappa shape index (κ3) is 5.24. The van der Waals surface area contributed by atoms with Gasteiger partial charge in [0.1, 0.15) is 5.76 Å². The molecule has 1 amide bonds. The zero-order valence-corrected chi connectivity index (χ0v) is 18.4. The van der Waals surface area contributed by atoms with Gasteiger partial charge >= 0.3 is 0 Å². The first-order valence-electron chi connectivity index (χ1n) is 10.8. The molecule has 5 nitrogen and oxygen atoms in total. The summed E-state index contributed by atoms with van der Waals surface area (Å²) in [4.78, 5) is 19.3. The van der Waals surface area contributed by atoms with Crippen LogP contribution in [0, 0.1) is 6.92 Å². The number of benzene rings is 3. The summed E-state index contributed by atoms with van der Waals surface area (Å²) in [5.41, 5.74) is 4.78. The van der Waals surface area contributed by atoms with E-state index >= 15 is 0 Å². The van der Waals surface area contributed by atoms with E-state index in [0.717, 1.165) is 34.8 Å². The van der Waals surface area contributed by atoms with E-state index in [1.807, 2.05) is 79.7 Å². The molecule has 0 spiro atoms. The van der Waals surface area contributed by atoms with Gasteiger partial charge in [0, 0.05) is 43.4 Å². The molecule has 4 rings (SSSR count). The number of aryl methyl sites for hydroxylation is 1. The first-order valence-corrected chi connectivity index (χ1v) is 10.8. The molecular weight excluding hydrogens is 398 g/mol. The predicted octanol–water partition coefficient (Wildman–Crippen LogP) is 5.26. The van der Waals surface area contributed by atoms with E-state index < -0.39 is 0 Å². The van der Waals surface area contributed by atoms with Crippen LogP contribution in [-0.4, -0.2) is 24.5 Å². The van der Waals surface area contributed by atoms with Crippen LogP contribution in [0.3, 0.4) is 0 Å². The molecule has 162 valence electrons. The Kier molecular flexibility index (Phi) is 6.66. The Morgan fingerprint density at radius 2 is 1.59 bits per heavy atom. The second kappa shape index (κ2) is 9.96. The van der Waals surface area contributed by atoms with Gasteiger partial charge in [0.25, 0.3) is 5.91 Å². The Morgan fingerprint density at radius 3 is 2.28 bits per heavy atom. The van der Waals surface area contributed by atoms with Crippen LogP contribution in [0.2, 0.25) is 0 Å². The van der Waals surface area contributed by atoms with Crippen LogP contribution >= 0.6 is 0 Å². The van der Waals surface area contributed by atoms with Crippen LogP contribution in [0.15, 0.2) is 89.3 Å². The number of carbonyl (C=O) groups excluding carboxylic acids is 1. The normalized spacial score (nSPS) is 10.7. The summed E-state index contributed by atoms with van der Waals surface area (Å²) in [6.07, 6.45) is 0.619. The lowest BCUT2D eigenvalue weighted by Gasteiger charge is -2.19. The predicted molar refractivity (Wildman–Crippen MR) is 128 cm³/mol. The van der Waals surface area contributed by atoms with Crippen LogP contribution in [0.1, 0.15) is 27.4 Å². The summed E-state index contributed by atoms with van der Waals surface area (Å²) >= 11 is 0. The molecule has 0 bridgehead atoms. The SMILES string of the molecule is Cc1oc(-c2ccccc2)nc1CCNC(=O)c1ccc(CN(C)c2ccccc2)cc1. The summed E-state index contributed by atoms with van der Waals surface area (Å²) in [5, 5.41) is 2.98. The van der Waals surface area contributed by atoms with Crippen LogP contribution in [0.4, 0.5) is 5.69 Å². The lowest BCUT2D eigenvalue weighted by molar-refractivity contribution is 0.0954. The van der Waals surface area contributed by atoms with Gasteiger partial charge in [-0.1, -0.05) is 48.5 Å². The minimum atomic E-state index is -0.0857. The number of amides is 1. The maximum absolute atomic E-state index is 12.5. The molecule has 4 aromatic rings.